The maximum Gasteiger partial charge on any atom is 0.264 e. The molecule has 0 aliphatic carbocycles. The highest BCUT2D eigenvalue weighted by Gasteiger charge is 2.28. The third-order valence-electron chi connectivity index (χ3n) is 3.37. The molecular weight excluding hydrogens is 383 g/mol. The van der Waals surface area contributed by atoms with Crippen molar-refractivity contribution in [3.8, 4) is 0 Å². The van der Waals surface area contributed by atoms with Gasteiger partial charge in [0.25, 0.3) is 10.0 Å². The summed E-state index contributed by atoms with van der Waals surface area (Å²) in [5.74, 6) is -0.419. The molecule has 0 bridgehead atoms. The molecule has 0 fully saturated rings. The maximum absolute atomic E-state index is 13.0. The summed E-state index contributed by atoms with van der Waals surface area (Å²) >= 11 is 12.2. The highest BCUT2D eigenvalue weighted by atomic mass is 35.5. The minimum absolute atomic E-state index is 0.0642. The van der Waals surface area contributed by atoms with Crippen molar-refractivity contribution in [2.45, 2.75) is 18.2 Å². The van der Waals surface area contributed by atoms with Gasteiger partial charge in [0.15, 0.2) is 0 Å². The van der Waals surface area contributed by atoms with Crippen molar-refractivity contribution in [1.82, 2.24) is 5.32 Å². The average Bonchev–Trinajstić information content (AvgIpc) is 2.60. The molecule has 0 saturated heterocycles. The summed E-state index contributed by atoms with van der Waals surface area (Å²) in [6.07, 6.45) is 0.745. The standard InChI is InChI=1S/C17H18Cl2N2O3S/c1-2-10-20-17(22)12-21(16-11-13(18)8-9-15(16)19)25(23,24)14-6-4-3-5-7-14/h3-9,11H,2,10,12H2,1H3,(H,20,22). The van der Waals surface area contributed by atoms with Gasteiger partial charge in [-0.2, -0.15) is 0 Å². The number of sulfonamides is 1. The van der Waals surface area contributed by atoms with Crippen molar-refractivity contribution in [3.63, 3.8) is 0 Å². The monoisotopic (exact) mass is 400 g/mol. The molecule has 0 aliphatic rings. The van der Waals surface area contributed by atoms with Gasteiger partial charge in [-0.1, -0.05) is 48.3 Å². The first-order valence-corrected chi connectivity index (χ1v) is 9.85. The second kappa shape index (κ2) is 8.56. The molecular formula is C17H18Cl2N2O3S. The lowest BCUT2D eigenvalue weighted by Crippen LogP contribution is -2.41. The van der Waals surface area contributed by atoms with Crippen LogP contribution in [0.25, 0.3) is 0 Å². The molecule has 134 valence electrons. The molecule has 25 heavy (non-hydrogen) atoms. The van der Waals surface area contributed by atoms with Gasteiger partial charge in [-0.15, -0.1) is 0 Å². The number of anilines is 1. The third-order valence-corrected chi connectivity index (χ3v) is 5.70. The SMILES string of the molecule is CCCNC(=O)CN(c1cc(Cl)ccc1Cl)S(=O)(=O)c1ccccc1. The van der Waals surface area contributed by atoms with Crippen LogP contribution in [0.15, 0.2) is 53.4 Å². The molecule has 2 aromatic carbocycles. The summed E-state index contributed by atoms with van der Waals surface area (Å²) in [4.78, 5) is 12.2. The molecule has 1 amide bonds. The lowest BCUT2D eigenvalue weighted by Gasteiger charge is -2.25. The van der Waals surface area contributed by atoms with Gasteiger partial charge in [-0.3, -0.25) is 9.10 Å². The molecule has 0 aliphatic heterocycles. The van der Waals surface area contributed by atoms with Crippen LogP contribution >= 0.6 is 23.2 Å². The van der Waals surface area contributed by atoms with Crippen LogP contribution in [-0.2, 0) is 14.8 Å². The molecule has 0 aromatic heterocycles. The summed E-state index contributed by atoms with van der Waals surface area (Å²) in [5.41, 5.74) is 0.157. The summed E-state index contributed by atoms with van der Waals surface area (Å²) in [6, 6.07) is 12.3. The minimum atomic E-state index is -3.98. The van der Waals surface area contributed by atoms with Crippen molar-refractivity contribution in [2.75, 3.05) is 17.4 Å². The second-order valence-electron chi connectivity index (χ2n) is 5.27. The number of nitrogens with zero attached hydrogens (tertiary/aromatic N) is 1. The summed E-state index contributed by atoms with van der Waals surface area (Å²) < 4.78 is 27.1. The highest BCUT2D eigenvalue weighted by molar-refractivity contribution is 7.92. The number of carbonyl (C=O) groups excluding carboxylic acids is 1. The number of hydrogen-bond donors (Lipinski definition) is 1. The number of benzene rings is 2. The van der Waals surface area contributed by atoms with Crippen LogP contribution in [0.2, 0.25) is 10.0 Å². The van der Waals surface area contributed by atoms with Crippen LogP contribution in [0.3, 0.4) is 0 Å². The molecule has 2 aromatic rings. The Morgan fingerprint density at radius 2 is 1.80 bits per heavy atom. The lowest BCUT2D eigenvalue weighted by atomic mass is 10.3. The molecule has 0 unspecified atom stereocenters. The molecule has 8 heteroatoms. The normalized spacial score (nSPS) is 11.2. The van der Waals surface area contributed by atoms with Crippen molar-refractivity contribution in [3.05, 3.63) is 58.6 Å². The first-order chi connectivity index (χ1) is 11.9. The largest absolute Gasteiger partial charge is 0.355 e. The fraction of sp³-hybridized carbons (Fsp3) is 0.235. The quantitative estimate of drug-likeness (QED) is 0.769. The molecule has 2 rings (SSSR count). The molecule has 5 nitrogen and oxygen atoms in total. The number of nitrogens with one attached hydrogen (secondary N) is 1. The smallest absolute Gasteiger partial charge is 0.264 e. The van der Waals surface area contributed by atoms with E-state index in [1.807, 2.05) is 6.92 Å². The number of carbonyl (C=O) groups is 1. The van der Waals surface area contributed by atoms with Crippen LogP contribution < -0.4 is 9.62 Å². The molecule has 0 saturated carbocycles. The van der Waals surface area contributed by atoms with E-state index in [1.54, 1.807) is 24.3 Å². The number of amides is 1. The maximum atomic E-state index is 13.0. The van der Waals surface area contributed by atoms with Crippen molar-refractivity contribution >= 4 is 44.8 Å². The van der Waals surface area contributed by atoms with Crippen LogP contribution in [-0.4, -0.2) is 27.4 Å². The average molecular weight is 401 g/mol. The molecule has 0 heterocycles. The Labute approximate surface area is 157 Å². The summed E-state index contributed by atoms with van der Waals surface area (Å²) in [7, 11) is -3.98. The number of rotatable bonds is 7. The van der Waals surface area contributed by atoms with E-state index in [4.69, 9.17) is 23.2 Å². The highest BCUT2D eigenvalue weighted by Crippen LogP contribution is 2.32. The Morgan fingerprint density at radius 1 is 1.12 bits per heavy atom. The first-order valence-electron chi connectivity index (χ1n) is 7.65. The fourth-order valence-corrected chi connectivity index (χ4v) is 4.04. The Bertz CT molecular complexity index is 842. The van der Waals surface area contributed by atoms with Gasteiger partial charge in [0.2, 0.25) is 5.91 Å². The Hall–Kier alpha value is -1.76. The topological polar surface area (TPSA) is 66.5 Å². The number of hydrogen-bond acceptors (Lipinski definition) is 3. The van der Waals surface area contributed by atoms with Crippen LogP contribution in [0.4, 0.5) is 5.69 Å². The van der Waals surface area contributed by atoms with E-state index >= 15 is 0 Å². The summed E-state index contributed by atoms with van der Waals surface area (Å²) in [5, 5.41) is 3.18. The van der Waals surface area contributed by atoms with Crippen molar-refractivity contribution < 1.29 is 13.2 Å². The minimum Gasteiger partial charge on any atom is -0.355 e. The van der Waals surface area contributed by atoms with Gasteiger partial charge in [0.05, 0.1) is 15.6 Å². The molecule has 1 N–H and O–H groups in total. The predicted molar refractivity (Wildman–Crippen MR) is 101 cm³/mol. The van der Waals surface area contributed by atoms with E-state index in [0.29, 0.717) is 11.6 Å². The van der Waals surface area contributed by atoms with Gasteiger partial charge in [0, 0.05) is 11.6 Å². The fourth-order valence-electron chi connectivity index (χ4n) is 2.15. The van der Waals surface area contributed by atoms with E-state index in [1.165, 1.54) is 24.3 Å². The Balaban J connectivity index is 2.49. The van der Waals surface area contributed by atoms with Gasteiger partial charge >= 0.3 is 0 Å². The zero-order valence-electron chi connectivity index (χ0n) is 13.6. The molecule has 0 atom stereocenters. The summed E-state index contributed by atoms with van der Waals surface area (Å²) in [6.45, 7) is 1.98. The van der Waals surface area contributed by atoms with Gasteiger partial charge in [-0.25, -0.2) is 8.42 Å². The second-order valence-corrected chi connectivity index (χ2v) is 7.98. The van der Waals surface area contributed by atoms with Crippen LogP contribution in [0, 0.1) is 0 Å². The van der Waals surface area contributed by atoms with Crippen molar-refractivity contribution in [2.24, 2.45) is 0 Å². The predicted octanol–water partition coefficient (Wildman–Crippen LogP) is 3.71. The molecule has 0 spiro atoms. The van der Waals surface area contributed by atoms with E-state index in [0.717, 1.165) is 10.7 Å². The van der Waals surface area contributed by atoms with Crippen molar-refractivity contribution in [1.29, 1.82) is 0 Å². The van der Waals surface area contributed by atoms with E-state index in [9.17, 15) is 13.2 Å². The van der Waals surface area contributed by atoms with Crippen LogP contribution in [0.1, 0.15) is 13.3 Å². The Kier molecular flexibility index (Phi) is 6.70. The number of halogens is 2. The van der Waals surface area contributed by atoms with Gasteiger partial charge in [0.1, 0.15) is 6.54 Å². The Morgan fingerprint density at radius 3 is 2.44 bits per heavy atom. The van der Waals surface area contributed by atoms with Crippen LogP contribution in [0.5, 0.6) is 0 Å². The first kappa shape index (κ1) is 19.6. The van der Waals surface area contributed by atoms with E-state index in [-0.39, 0.29) is 15.6 Å². The van der Waals surface area contributed by atoms with E-state index < -0.39 is 22.5 Å². The van der Waals surface area contributed by atoms with Gasteiger partial charge < -0.3 is 5.32 Å². The van der Waals surface area contributed by atoms with Gasteiger partial charge in [-0.05, 0) is 36.8 Å². The zero-order valence-corrected chi connectivity index (χ0v) is 15.9. The zero-order chi connectivity index (χ0) is 18.4. The third kappa shape index (κ3) is 4.87. The lowest BCUT2D eigenvalue weighted by molar-refractivity contribution is -0.119. The molecule has 0 radical (unpaired) electrons. The van der Waals surface area contributed by atoms with E-state index in [2.05, 4.69) is 5.32 Å².